The number of methoxy groups -OCH3 is 1. The molecule has 0 spiro atoms. The molecule has 3 aromatic rings. The molecule has 0 aliphatic carbocycles. The summed E-state index contributed by atoms with van der Waals surface area (Å²) in [6, 6.07) is 18.2. The predicted molar refractivity (Wildman–Crippen MR) is 132 cm³/mol. The Kier molecular flexibility index (Phi) is 6.82. The molecule has 1 aliphatic heterocycles. The van der Waals surface area contributed by atoms with E-state index in [0.717, 1.165) is 11.1 Å². The highest BCUT2D eigenvalue weighted by Gasteiger charge is 2.22. The van der Waals surface area contributed by atoms with Gasteiger partial charge in [-0.25, -0.2) is 0 Å². The molecule has 174 valence electrons. The van der Waals surface area contributed by atoms with Crippen LogP contribution in [0.1, 0.15) is 16.7 Å². The number of nitrogens with one attached hydrogen (secondary N) is 2. The number of rotatable bonds is 6. The van der Waals surface area contributed by atoms with Gasteiger partial charge in [0.25, 0.3) is 11.8 Å². The molecule has 7 heteroatoms. The van der Waals surface area contributed by atoms with Crippen LogP contribution in [0.3, 0.4) is 0 Å². The van der Waals surface area contributed by atoms with Gasteiger partial charge in [-0.3, -0.25) is 9.59 Å². The maximum absolute atomic E-state index is 13.3. The van der Waals surface area contributed by atoms with E-state index < -0.39 is 11.8 Å². The second-order valence-corrected chi connectivity index (χ2v) is 7.84. The molecule has 2 amide bonds. The lowest BCUT2D eigenvalue weighted by molar-refractivity contribution is -0.118. The Morgan fingerprint density at radius 2 is 1.41 bits per heavy atom. The summed E-state index contributed by atoms with van der Waals surface area (Å²) in [5.74, 6) is 0.390. The molecule has 7 nitrogen and oxygen atoms in total. The molecule has 0 fully saturated rings. The summed E-state index contributed by atoms with van der Waals surface area (Å²) >= 11 is 0. The SMILES string of the molecule is COc1cc(C=C(C(=O)Nc2ccccc2C)C(=O)Nc2ccccc2C)cc2c1OCCO2. The van der Waals surface area contributed by atoms with Gasteiger partial charge >= 0.3 is 0 Å². The van der Waals surface area contributed by atoms with Gasteiger partial charge in [-0.15, -0.1) is 0 Å². The Hall–Kier alpha value is -4.26. The maximum Gasteiger partial charge on any atom is 0.261 e. The van der Waals surface area contributed by atoms with Crippen molar-refractivity contribution in [1.29, 1.82) is 0 Å². The third-order valence-corrected chi connectivity index (χ3v) is 5.44. The number of carbonyl (C=O) groups is 2. The minimum atomic E-state index is -0.533. The van der Waals surface area contributed by atoms with Crippen LogP contribution in [0.15, 0.2) is 66.2 Å². The smallest absolute Gasteiger partial charge is 0.261 e. The Morgan fingerprint density at radius 1 is 0.853 bits per heavy atom. The summed E-state index contributed by atoms with van der Waals surface area (Å²) in [6.45, 7) is 4.59. The number of benzene rings is 3. The molecule has 4 rings (SSSR count). The summed E-state index contributed by atoms with van der Waals surface area (Å²) in [5, 5.41) is 5.70. The summed E-state index contributed by atoms with van der Waals surface area (Å²) in [6.07, 6.45) is 1.52. The van der Waals surface area contributed by atoms with Crippen LogP contribution in [0.25, 0.3) is 6.08 Å². The van der Waals surface area contributed by atoms with E-state index in [2.05, 4.69) is 10.6 Å². The zero-order chi connectivity index (χ0) is 24.1. The number of fused-ring (bicyclic) bond motifs is 1. The van der Waals surface area contributed by atoms with E-state index in [-0.39, 0.29) is 5.57 Å². The number of aryl methyl sites for hydroxylation is 2. The Labute approximate surface area is 198 Å². The molecule has 0 atom stereocenters. The normalized spacial score (nSPS) is 11.9. The van der Waals surface area contributed by atoms with Crippen molar-refractivity contribution < 1.29 is 23.8 Å². The van der Waals surface area contributed by atoms with E-state index in [1.165, 1.54) is 13.2 Å². The minimum absolute atomic E-state index is 0.0646. The standard InChI is InChI=1S/C27H26N2O5/c1-17-8-4-6-10-21(17)28-26(30)20(27(31)29-22-11-7-5-9-18(22)2)14-19-15-23(32-3)25-24(16-19)33-12-13-34-25/h4-11,14-16H,12-13H2,1-3H3,(H,28,30)(H,29,31). The summed E-state index contributed by atoms with van der Waals surface area (Å²) < 4.78 is 16.8. The molecular formula is C27H26N2O5. The van der Waals surface area contributed by atoms with Crippen LogP contribution in [0.2, 0.25) is 0 Å². The van der Waals surface area contributed by atoms with Crippen molar-refractivity contribution in [2.75, 3.05) is 31.0 Å². The highest BCUT2D eigenvalue weighted by Crippen LogP contribution is 2.41. The molecule has 0 saturated heterocycles. The number of hydrogen-bond donors (Lipinski definition) is 2. The highest BCUT2D eigenvalue weighted by atomic mass is 16.6. The Bertz CT molecular complexity index is 1190. The van der Waals surface area contributed by atoms with Gasteiger partial charge in [0.1, 0.15) is 18.8 Å². The zero-order valence-electron chi connectivity index (χ0n) is 19.3. The van der Waals surface area contributed by atoms with Crippen molar-refractivity contribution >= 4 is 29.3 Å². The van der Waals surface area contributed by atoms with Crippen molar-refractivity contribution in [3.8, 4) is 17.2 Å². The van der Waals surface area contributed by atoms with E-state index in [0.29, 0.717) is 47.4 Å². The van der Waals surface area contributed by atoms with Gasteiger partial charge in [0.05, 0.1) is 7.11 Å². The number of anilines is 2. The fourth-order valence-electron chi connectivity index (χ4n) is 3.58. The first-order valence-electron chi connectivity index (χ1n) is 10.9. The van der Waals surface area contributed by atoms with Crippen LogP contribution in [0, 0.1) is 13.8 Å². The predicted octanol–water partition coefficient (Wildman–Crippen LogP) is 4.74. The van der Waals surface area contributed by atoms with Crippen LogP contribution < -0.4 is 24.8 Å². The molecule has 0 aromatic heterocycles. The second kappa shape index (κ2) is 10.1. The van der Waals surface area contributed by atoms with Crippen LogP contribution >= 0.6 is 0 Å². The van der Waals surface area contributed by atoms with Crippen molar-refractivity contribution in [1.82, 2.24) is 0 Å². The van der Waals surface area contributed by atoms with Crippen molar-refractivity contribution in [3.63, 3.8) is 0 Å². The first-order valence-corrected chi connectivity index (χ1v) is 10.9. The summed E-state index contributed by atoms with van der Waals surface area (Å²) in [5.41, 5.74) is 3.52. The molecule has 1 aliphatic rings. The molecule has 34 heavy (non-hydrogen) atoms. The average Bonchev–Trinajstić information content (AvgIpc) is 2.84. The minimum Gasteiger partial charge on any atom is -0.493 e. The van der Waals surface area contributed by atoms with Crippen LogP contribution in [0.4, 0.5) is 11.4 Å². The lowest BCUT2D eigenvalue weighted by Gasteiger charge is -2.21. The highest BCUT2D eigenvalue weighted by molar-refractivity contribution is 6.29. The molecule has 0 radical (unpaired) electrons. The third kappa shape index (κ3) is 5.04. The number of amides is 2. The Balaban J connectivity index is 1.73. The van der Waals surface area contributed by atoms with E-state index in [1.54, 1.807) is 24.3 Å². The number of ether oxygens (including phenoxy) is 3. The monoisotopic (exact) mass is 458 g/mol. The van der Waals surface area contributed by atoms with Gasteiger partial charge in [-0.05, 0) is 60.9 Å². The topological polar surface area (TPSA) is 85.9 Å². The first kappa shape index (κ1) is 22.9. The van der Waals surface area contributed by atoms with Crippen LogP contribution in [-0.4, -0.2) is 32.1 Å². The van der Waals surface area contributed by atoms with Gasteiger partial charge in [0.15, 0.2) is 11.5 Å². The van der Waals surface area contributed by atoms with E-state index in [9.17, 15) is 9.59 Å². The fraction of sp³-hybridized carbons (Fsp3) is 0.185. The molecule has 2 N–H and O–H groups in total. The lowest BCUT2D eigenvalue weighted by atomic mass is 10.1. The van der Waals surface area contributed by atoms with Gasteiger partial charge < -0.3 is 24.8 Å². The fourth-order valence-corrected chi connectivity index (χ4v) is 3.58. The van der Waals surface area contributed by atoms with Gasteiger partial charge in [0, 0.05) is 11.4 Å². The molecule has 0 bridgehead atoms. The number of para-hydroxylation sites is 2. The molecule has 1 heterocycles. The van der Waals surface area contributed by atoms with Crippen molar-refractivity contribution in [3.05, 3.63) is 82.9 Å². The molecule has 0 saturated carbocycles. The van der Waals surface area contributed by atoms with E-state index in [4.69, 9.17) is 14.2 Å². The van der Waals surface area contributed by atoms with Gasteiger partial charge in [0.2, 0.25) is 5.75 Å². The zero-order valence-corrected chi connectivity index (χ0v) is 19.3. The lowest BCUT2D eigenvalue weighted by Crippen LogP contribution is -2.26. The van der Waals surface area contributed by atoms with Crippen LogP contribution in [0.5, 0.6) is 17.2 Å². The molecular weight excluding hydrogens is 432 g/mol. The quantitative estimate of drug-likeness (QED) is 0.317. The maximum atomic E-state index is 13.3. The largest absolute Gasteiger partial charge is 0.493 e. The third-order valence-electron chi connectivity index (χ3n) is 5.44. The Morgan fingerprint density at radius 3 is 1.97 bits per heavy atom. The van der Waals surface area contributed by atoms with Crippen LogP contribution in [-0.2, 0) is 9.59 Å². The van der Waals surface area contributed by atoms with E-state index >= 15 is 0 Å². The summed E-state index contributed by atoms with van der Waals surface area (Å²) in [7, 11) is 1.53. The second-order valence-electron chi connectivity index (χ2n) is 7.84. The molecule has 3 aromatic carbocycles. The van der Waals surface area contributed by atoms with Gasteiger partial charge in [-0.2, -0.15) is 0 Å². The van der Waals surface area contributed by atoms with Crippen molar-refractivity contribution in [2.24, 2.45) is 0 Å². The number of carbonyl (C=O) groups excluding carboxylic acids is 2. The summed E-state index contributed by atoms with van der Waals surface area (Å²) in [4.78, 5) is 26.6. The molecule has 0 unspecified atom stereocenters. The van der Waals surface area contributed by atoms with Gasteiger partial charge in [-0.1, -0.05) is 36.4 Å². The van der Waals surface area contributed by atoms with E-state index in [1.807, 2.05) is 50.2 Å². The first-order chi connectivity index (χ1) is 16.5. The number of hydrogen-bond acceptors (Lipinski definition) is 5. The van der Waals surface area contributed by atoms with Crippen molar-refractivity contribution in [2.45, 2.75) is 13.8 Å². The average molecular weight is 459 g/mol.